The minimum Gasteiger partial charge on any atom is -0.475 e. The Bertz CT molecular complexity index is 505. The zero-order valence-electron chi connectivity index (χ0n) is 14.3. The van der Waals surface area contributed by atoms with Crippen molar-refractivity contribution in [2.45, 2.75) is 46.8 Å². The highest BCUT2D eigenvalue weighted by molar-refractivity contribution is 7.53. The first-order valence-electron chi connectivity index (χ1n) is 7.48. The molecule has 0 saturated heterocycles. The number of aromatic nitrogens is 2. The Balaban J connectivity index is 2.40. The van der Waals surface area contributed by atoms with E-state index < -0.39 is 7.60 Å². The van der Waals surface area contributed by atoms with Gasteiger partial charge in [0.25, 0.3) is 0 Å². The second-order valence-corrected chi connectivity index (χ2v) is 7.41. The van der Waals surface area contributed by atoms with Crippen LogP contribution in [0.2, 0.25) is 0 Å². The molecule has 0 saturated carbocycles. The van der Waals surface area contributed by atoms with Crippen molar-refractivity contribution in [3.8, 4) is 5.88 Å². The number of nitrogens with zero attached hydrogens (tertiary/aromatic N) is 2. The van der Waals surface area contributed by atoms with Crippen LogP contribution in [-0.4, -0.2) is 41.7 Å². The normalized spacial score (nSPS) is 12.1. The summed E-state index contributed by atoms with van der Waals surface area (Å²) in [5.41, 5.74) is 6.25. The number of hydrogen-bond acceptors (Lipinski definition) is 8. The lowest BCUT2D eigenvalue weighted by molar-refractivity contribution is 0.0844. The molecule has 1 aromatic rings. The summed E-state index contributed by atoms with van der Waals surface area (Å²) >= 11 is 0. The quantitative estimate of drug-likeness (QED) is 0.509. The van der Waals surface area contributed by atoms with Gasteiger partial charge in [0.2, 0.25) is 11.8 Å². The van der Waals surface area contributed by atoms with Crippen LogP contribution < -0.4 is 10.5 Å². The molecular formula is C14H26N3O5P. The first kappa shape index (κ1) is 19.8. The highest BCUT2D eigenvalue weighted by Gasteiger charge is 2.28. The highest BCUT2D eigenvalue weighted by atomic mass is 31.2. The van der Waals surface area contributed by atoms with Gasteiger partial charge in [0.1, 0.15) is 13.0 Å². The maximum Gasteiger partial charge on any atom is 0.356 e. The minimum absolute atomic E-state index is 0.127. The lowest BCUT2D eigenvalue weighted by atomic mass is 10.4. The first-order chi connectivity index (χ1) is 10.7. The second kappa shape index (κ2) is 9.17. The molecule has 0 aliphatic heterocycles. The van der Waals surface area contributed by atoms with E-state index in [1.165, 1.54) is 0 Å². The van der Waals surface area contributed by atoms with Crippen LogP contribution in [0.4, 0.5) is 5.95 Å². The van der Waals surface area contributed by atoms with Crippen molar-refractivity contribution in [2.24, 2.45) is 0 Å². The van der Waals surface area contributed by atoms with Crippen molar-refractivity contribution in [3.05, 3.63) is 11.8 Å². The summed E-state index contributed by atoms with van der Waals surface area (Å²) in [5, 5.41) is 0. The van der Waals surface area contributed by atoms with Gasteiger partial charge in [0, 0.05) is 11.8 Å². The average Bonchev–Trinajstić information content (AvgIpc) is 2.34. The van der Waals surface area contributed by atoms with Crippen LogP contribution in [0, 0.1) is 6.92 Å². The van der Waals surface area contributed by atoms with Gasteiger partial charge in [0.15, 0.2) is 0 Å². The fraction of sp³-hybridized carbons (Fsp3) is 0.714. The molecule has 0 radical (unpaired) electrons. The van der Waals surface area contributed by atoms with E-state index in [0.29, 0.717) is 11.6 Å². The number of hydrogen-bond donors (Lipinski definition) is 1. The minimum atomic E-state index is -3.28. The van der Waals surface area contributed by atoms with Crippen LogP contribution in [0.1, 0.15) is 33.4 Å². The lowest BCUT2D eigenvalue weighted by Gasteiger charge is -2.22. The number of aryl methyl sites for hydroxylation is 1. The Kier molecular flexibility index (Phi) is 7.91. The summed E-state index contributed by atoms with van der Waals surface area (Å²) in [4.78, 5) is 7.90. The molecule has 23 heavy (non-hydrogen) atoms. The molecule has 0 amide bonds. The Hall–Kier alpha value is -1.21. The van der Waals surface area contributed by atoms with Crippen LogP contribution in [0.5, 0.6) is 5.88 Å². The SMILES string of the molecule is Cc1cc(OCCOCP(=O)(OC(C)C)OC(C)C)nc(N)n1. The molecule has 0 spiro atoms. The molecule has 8 nitrogen and oxygen atoms in total. The fourth-order valence-corrected chi connectivity index (χ4v) is 3.55. The summed E-state index contributed by atoms with van der Waals surface area (Å²) in [5.74, 6) is 0.528. The van der Waals surface area contributed by atoms with Crippen LogP contribution in [-0.2, 0) is 18.3 Å². The molecular weight excluding hydrogens is 321 g/mol. The van der Waals surface area contributed by atoms with Crippen molar-refractivity contribution in [1.82, 2.24) is 9.97 Å². The molecule has 0 unspecified atom stereocenters. The van der Waals surface area contributed by atoms with Gasteiger partial charge in [-0.1, -0.05) is 0 Å². The number of ether oxygens (including phenoxy) is 2. The summed E-state index contributed by atoms with van der Waals surface area (Å²) in [6.45, 7) is 9.42. The molecule has 9 heteroatoms. The zero-order valence-corrected chi connectivity index (χ0v) is 15.2. The van der Waals surface area contributed by atoms with Gasteiger partial charge in [-0.2, -0.15) is 4.98 Å². The van der Waals surface area contributed by atoms with Crippen LogP contribution in [0.3, 0.4) is 0 Å². The largest absolute Gasteiger partial charge is 0.475 e. The molecule has 1 heterocycles. The monoisotopic (exact) mass is 347 g/mol. The Morgan fingerprint density at radius 2 is 1.74 bits per heavy atom. The second-order valence-electron chi connectivity index (χ2n) is 5.51. The summed E-state index contributed by atoms with van der Waals surface area (Å²) in [6.07, 6.45) is -0.560. The molecule has 0 atom stereocenters. The zero-order chi connectivity index (χ0) is 17.5. The third-order valence-electron chi connectivity index (χ3n) is 2.32. The van der Waals surface area contributed by atoms with Crippen molar-refractivity contribution in [1.29, 1.82) is 0 Å². The molecule has 2 N–H and O–H groups in total. The summed E-state index contributed by atoms with van der Waals surface area (Å²) in [6, 6.07) is 1.67. The predicted octanol–water partition coefficient (Wildman–Crippen LogP) is 2.76. The Morgan fingerprint density at radius 3 is 2.26 bits per heavy atom. The van der Waals surface area contributed by atoms with E-state index >= 15 is 0 Å². The highest BCUT2D eigenvalue weighted by Crippen LogP contribution is 2.50. The molecule has 132 valence electrons. The van der Waals surface area contributed by atoms with Gasteiger partial charge in [0.05, 0.1) is 18.8 Å². The van der Waals surface area contributed by atoms with Gasteiger partial charge >= 0.3 is 7.60 Å². The number of rotatable bonds is 10. The van der Waals surface area contributed by atoms with E-state index in [1.807, 2.05) is 0 Å². The van der Waals surface area contributed by atoms with Crippen LogP contribution in [0.25, 0.3) is 0 Å². The van der Waals surface area contributed by atoms with E-state index in [-0.39, 0.29) is 37.7 Å². The van der Waals surface area contributed by atoms with E-state index in [4.69, 9.17) is 24.3 Å². The summed E-state index contributed by atoms with van der Waals surface area (Å²) < 4.78 is 34.0. The van der Waals surface area contributed by atoms with Gasteiger partial charge in [-0.15, -0.1) is 0 Å². The molecule has 1 rings (SSSR count). The molecule has 0 aromatic carbocycles. The number of anilines is 1. The first-order valence-corrected chi connectivity index (χ1v) is 9.20. The molecule has 1 aromatic heterocycles. The van der Waals surface area contributed by atoms with Crippen molar-refractivity contribution >= 4 is 13.5 Å². The van der Waals surface area contributed by atoms with Crippen molar-refractivity contribution < 1.29 is 23.1 Å². The van der Waals surface area contributed by atoms with Crippen LogP contribution in [0.15, 0.2) is 6.07 Å². The maximum absolute atomic E-state index is 12.5. The Morgan fingerprint density at radius 1 is 1.13 bits per heavy atom. The topological polar surface area (TPSA) is 106 Å². The maximum atomic E-state index is 12.5. The van der Waals surface area contributed by atoms with Gasteiger partial charge in [-0.3, -0.25) is 4.57 Å². The number of nitrogen functional groups attached to an aromatic ring is 1. The smallest absolute Gasteiger partial charge is 0.356 e. The molecule has 0 aliphatic carbocycles. The van der Waals surface area contributed by atoms with E-state index in [9.17, 15) is 4.57 Å². The predicted molar refractivity (Wildman–Crippen MR) is 87.5 cm³/mol. The van der Waals surface area contributed by atoms with E-state index in [2.05, 4.69) is 9.97 Å². The van der Waals surface area contributed by atoms with Crippen LogP contribution >= 0.6 is 7.60 Å². The molecule has 0 bridgehead atoms. The number of nitrogens with two attached hydrogens (primary N) is 1. The fourth-order valence-electron chi connectivity index (χ4n) is 1.75. The lowest BCUT2D eigenvalue weighted by Crippen LogP contribution is -2.14. The summed E-state index contributed by atoms with van der Waals surface area (Å²) in [7, 11) is -3.28. The average molecular weight is 347 g/mol. The molecule has 0 fully saturated rings. The third kappa shape index (κ3) is 8.27. The van der Waals surface area contributed by atoms with Gasteiger partial charge < -0.3 is 24.3 Å². The van der Waals surface area contributed by atoms with E-state index in [0.717, 1.165) is 0 Å². The van der Waals surface area contributed by atoms with Gasteiger partial charge in [-0.05, 0) is 34.6 Å². The Labute approximate surface area is 137 Å². The third-order valence-corrected chi connectivity index (χ3v) is 4.30. The van der Waals surface area contributed by atoms with Crippen molar-refractivity contribution in [2.75, 3.05) is 25.3 Å². The van der Waals surface area contributed by atoms with Gasteiger partial charge in [-0.25, -0.2) is 4.98 Å². The van der Waals surface area contributed by atoms with E-state index in [1.54, 1.807) is 40.7 Å². The van der Waals surface area contributed by atoms with Crippen molar-refractivity contribution in [3.63, 3.8) is 0 Å². The standard InChI is InChI=1S/C14H26N3O5P/c1-10(2)21-23(18,22-11(3)4)9-19-6-7-20-13-8-12(5)16-14(15)17-13/h8,10-11H,6-7,9H2,1-5H3,(H2,15,16,17). The molecule has 0 aliphatic rings.